The first-order chi connectivity index (χ1) is 13.1. The van der Waals surface area contributed by atoms with Gasteiger partial charge in [-0.3, -0.25) is 9.69 Å². The third kappa shape index (κ3) is 5.15. The van der Waals surface area contributed by atoms with Crippen molar-refractivity contribution in [1.29, 1.82) is 0 Å². The van der Waals surface area contributed by atoms with E-state index in [1.165, 1.54) is 5.56 Å². The van der Waals surface area contributed by atoms with Gasteiger partial charge in [-0.2, -0.15) is 0 Å². The van der Waals surface area contributed by atoms with Gasteiger partial charge in [0.15, 0.2) is 0 Å². The molecule has 0 N–H and O–H groups in total. The van der Waals surface area contributed by atoms with Crippen molar-refractivity contribution in [2.45, 2.75) is 6.42 Å². The first-order valence-electron chi connectivity index (χ1n) is 9.08. The molecule has 0 aromatic heterocycles. The van der Waals surface area contributed by atoms with E-state index >= 15 is 0 Å². The van der Waals surface area contributed by atoms with Crippen LogP contribution in [-0.2, 0) is 6.42 Å². The van der Waals surface area contributed by atoms with Gasteiger partial charge in [0.2, 0.25) is 0 Å². The highest BCUT2D eigenvalue weighted by Gasteiger charge is 2.23. The van der Waals surface area contributed by atoms with Crippen molar-refractivity contribution in [3.05, 3.63) is 58.6 Å². The average Bonchev–Trinajstić information content (AvgIpc) is 2.71. The molecule has 5 nitrogen and oxygen atoms in total. The van der Waals surface area contributed by atoms with Crippen molar-refractivity contribution in [3.8, 4) is 11.5 Å². The van der Waals surface area contributed by atoms with Crippen LogP contribution in [0.15, 0.2) is 42.5 Å². The quantitative estimate of drug-likeness (QED) is 0.761. The van der Waals surface area contributed by atoms with Gasteiger partial charge >= 0.3 is 0 Å². The predicted molar refractivity (Wildman–Crippen MR) is 107 cm³/mol. The molecule has 1 aliphatic rings. The molecule has 0 unspecified atom stereocenters. The van der Waals surface area contributed by atoms with Crippen LogP contribution in [0, 0.1) is 0 Å². The van der Waals surface area contributed by atoms with Crippen LogP contribution in [-0.4, -0.2) is 62.7 Å². The number of piperazine rings is 1. The fourth-order valence-corrected chi connectivity index (χ4v) is 3.48. The van der Waals surface area contributed by atoms with Crippen LogP contribution in [0.4, 0.5) is 0 Å². The number of nitrogens with zero attached hydrogens (tertiary/aromatic N) is 2. The number of amides is 1. The Labute approximate surface area is 165 Å². The van der Waals surface area contributed by atoms with Gasteiger partial charge in [0, 0.05) is 49.4 Å². The molecule has 1 fully saturated rings. The topological polar surface area (TPSA) is 42.0 Å². The Balaban J connectivity index is 1.55. The molecule has 1 heterocycles. The van der Waals surface area contributed by atoms with E-state index in [9.17, 15) is 4.79 Å². The zero-order valence-electron chi connectivity index (χ0n) is 15.8. The Kier molecular flexibility index (Phi) is 6.58. The molecule has 6 heteroatoms. The highest BCUT2D eigenvalue weighted by atomic mass is 35.5. The molecular weight excluding hydrogens is 364 g/mol. The zero-order chi connectivity index (χ0) is 19.2. The fourth-order valence-electron chi connectivity index (χ4n) is 3.27. The maximum Gasteiger partial charge on any atom is 0.254 e. The molecule has 1 amide bonds. The highest BCUT2D eigenvalue weighted by Crippen LogP contribution is 2.24. The minimum Gasteiger partial charge on any atom is -0.497 e. The van der Waals surface area contributed by atoms with Gasteiger partial charge in [0.25, 0.3) is 5.91 Å². The van der Waals surface area contributed by atoms with Crippen molar-refractivity contribution in [2.75, 3.05) is 46.9 Å². The summed E-state index contributed by atoms with van der Waals surface area (Å²) in [6.45, 7) is 4.14. The Morgan fingerprint density at radius 3 is 2.26 bits per heavy atom. The average molecular weight is 389 g/mol. The van der Waals surface area contributed by atoms with Crippen LogP contribution in [0.3, 0.4) is 0 Å². The van der Waals surface area contributed by atoms with E-state index < -0.39 is 0 Å². The van der Waals surface area contributed by atoms with Gasteiger partial charge in [0.1, 0.15) is 11.5 Å². The predicted octanol–water partition coefficient (Wildman–Crippen LogP) is 3.36. The highest BCUT2D eigenvalue weighted by molar-refractivity contribution is 6.30. The largest absolute Gasteiger partial charge is 0.497 e. The number of rotatable bonds is 6. The number of carbonyl (C=O) groups excluding carboxylic acids is 1. The normalized spacial score (nSPS) is 14.9. The summed E-state index contributed by atoms with van der Waals surface area (Å²) in [7, 11) is 3.17. The standard InChI is InChI=1S/C21H25ClN2O3/c1-26-19-13-17(14-20(15-19)27-2)21(25)24-10-8-23(9-11-24)7-6-16-4-3-5-18(22)12-16/h3-5,12-15H,6-11H2,1-2H3. The molecule has 0 aliphatic carbocycles. The molecule has 0 bridgehead atoms. The Hall–Kier alpha value is -2.24. The number of halogens is 1. The molecule has 0 atom stereocenters. The second kappa shape index (κ2) is 9.11. The number of methoxy groups -OCH3 is 2. The SMILES string of the molecule is COc1cc(OC)cc(C(=O)N2CCN(CCc3cccc(Cl)c3)CC2)c1. The lowest BCUT2D eigenvalue weighted by molar-refractivity contribution is 0.0638. The van der Waals surface area contributed by atoms with Gasteiger partial charge in [-0.1, -0.05) is 23.7 Å². The van der Waals surface area contributed by atoms with E-state index in [-0.39, 0.29) is 5.91 Å². The van der Waals surface area contributed by atoms with Crippen molar-refractivity contribution >= 4 is 17.5 Å². The van der Waals surface area contributed by atoms with Crippen molar-refractivity contribution < 1.29 is 14.3 Å². The lowest BCUT2D eigenvalue weighted by atomic mass is 10.1. The van der Waals surface area contributed by atoms with Crippen molar-refractivity contribution in [2.24, 2.45) is 0 Å². The van der Waals surface area contributed by atoms with E-state index in [4.69, 9.17) is 21.1 Å². The summed E-state index contributed by atoms with van der Waals surface area (Å²) in [4.78, 5) is 17.1. The van der Waals surface area contributed by atoms with Gasteiger partial charge in [-0.15, -0.1) is 0 Å². The third-order valence-electron chi connectivity index (χ3n) is 4.86. The van der Waals surface area contributed by atoms with Gasteiger partial charge in [-0.25, -0.2) is 0 Å². The van der Waals surface area contributed by atoms with Crippen molar-refractivity contribution in [3.63, 3.8) is 0 Å². The molecule has 1 aliphatic heterocycles. The van der Waals surface area contributed by atoms with Crippen molar-refractivity contribution in [1.82, 2.24) is 9.80 Å². The summed E-state index contributed by atoms with van der Waals surface area (Å²) in [5.74, 6) is 1.26. The fraction of sp³-hybridized carbons (Fsp3) is 0.381. The van der Waals surface area contributed by atoms with Crippen LogP contribution in [0.25, 0.3) is 0 Å². The summed E-state index contributed by atoms with van der Waals surface area (Å²) >= 11 is 6.05. The molecule has 2 aromatic rings. The summed E-state index contributed by atoms with van der Waals surface area (Å²) in [6.07, 6.45) is 0.960. The molecule has 3 rings (SSSR count). The number of benzene rings is 2. The third-order valence-corrected chi connectivity index (χ3v) is 5.10. The summed E-state index contributed by atoms with van der Waals surface area (Å²) in [5, 5.41) is 0.775. The van der Waals surface area contributed by atoms with Crippen LogP contribution >= 0.6 is 11.6 Å². The maximum absolute atomic E-state index is 12.8. The minimum absolute atomic E-state index is 0.0155. The maximum atomic E-state index is 12.8. The molecule has 1 saturated heterocycles. The second-order valence-corrected chi connectivity index (χ2v) is 7.05. The Bertz CT molecular complexity index is 766. The summed E-state index contributed by atoms with van der Waals surface area (Å²) in [6, 6.07) is 13.3. The van der Waals surface area contributed by atoms with Gasteiger partial charge in [0.05, 0.1) is 14.2 Å². The number of ether oxygens (including phenoxy) is 2. The lowest BCUT2D eigenvalue weighted by Crippen LogP contribution is -2.49. The first kappa shape index (κ1) is 19.5. The monoisotopic (exact) mass is 388 g/mol. The number of hydrogen-bond donors (Lipinski definition) is 0. The molecule has 0 radical (unpaired) electrons. The molecule has 2 aromatic carbocycles. The van der Waals surface area contributed by atoms with Crippen LogP contribution in [0.1, 0.15) is 15.9 Å². The molecular formula is C21H25ClN2O3. The van der Waals surface area contributed by atoms with Gasteiger partial charge < -0.3 is 14.4 Å². The van der Waals surface area contributed by atoms with E-state index in [0.29, 0.717) is 30.2 Å². The van der Waals surface area contributed by atoms with Crippen LogP contribution in [0.2, 0.25) is 5.02 Å². The van der Waals surface area contributed by atoms with E-state index in [2.05, 4.69) is 11.0 Å². The molecule has 0 spiro atoms. The van der Waals surface area contributed by atoms with E-state index in [0.717, 1.165) is 31.1 Å². The summed E-state index contributed by atoms with van der Waals surface area (Å²) in [5.41, 5.74) is 1.84. The molecule has 0 saturated carbocycles. The van der Waals surface area contributed by atoms with Gasteiger partial charge in [-0.05, 0) is 36.2 Å². The smallest absolute Gasteiger partial charge is 0.254 e. The van der Waals surface area contributed by atoms with Crippen LogP contribution < -0.4 is 9.47 Å². The van der Waals surface area contributed by atoms with E-state index in [1.54, 1.807) is 32.4 Å². The second-order valence-electron chi connectivity index (χ2n) is 6.62. The van der Waals surface area contributed by atoms with Crippen LogP contribution in [0.5, 0.6) is 11.5 Å². The lowest BCUT2D eigenvalue weighted by Gasteiger charge is -2.34. The zero-order valence-corrected chi connectivity index (χ0v) is 16.5. The Morgan fingerprint density at radius 2 is 1.67 bits per heavy atom. The summed E-state index contributed by atoms with van der Waals surface area (Å²) < 4.78 is 10.5. The van der Waals surface area contributed by atoms with E-state index in [1.807, 2.05) is 23.1 Å². The minimum atomic E-state index is 0.0155. The number of hydrogen-bond acceptors (Lipinski definition) is 4. The molecule has 144 valence electrons. The first-order valence-corrected chi connectivity index (χ1v) is 9.46. The molecule has 27 heavy (non-hydrogen) atoms. The Morgan fingerprint density at radius 1 is 1.00 bits per heavy atom. The number of carbonyl (C=O) groups is 1.